The van der Waals surface area contributed by atoms with Crippen molar-refractivity contribution in [3.8, 4) is 5.75 Å². The number of aromatic hydroxyl groups is 1. The molecule has 0 atom stereocenters. The van der Waals surface area contributed by atoms with Gasteiger partial charge in [0, 0.05) is 38.1 Å². The number of rotatable bonds is 4. The molecule has 25 heavy (non-hydrogen) atoms. The first-order valence-corrected chi connectivity index (χ1v) is 9.65. The lowest BCUT2D eigenvalue weighted by molar-refractivity contribution is -0.130. The van der Waals surface area contributed by atoms with Crippen LogP contribution < -0.4 is 0 Å². The molecule has 0 unspecified atom stereocenters. The highest BCUT2D eigenvalue weighted by atomic mass is 35.5. The Hall–Kier alpha value is -1.63. The molecule has 2 heterocycles. The molecule has 0 spiro atoms. The Balaban J connectivity index is 1.54. The predicted molar refractivity (Wildman–Crippen MR) is 100 cm³/mol. The summed E-state index contributed by atoms with van der Waals surface area (Å²) in [7, 11) is 0. The fourth-order valence-corrected chi connectivity index (χ4v) is 3.84. The average molecular weight is 380 g/mol. The van der Waals surface area contributed by atoms with Crippen molar-refractivity contribution in [2.45, 2.75) is 26.3 Å². The second-order valence-corrected chi connectivity index (χ2v) is 7.80. The molecule has 0 aliphatic carbocycles. The first-order chi connectivity index (χ1) is 12.0. The lowest BCUT2D eigenvalue weighted by Crippen LogP contribution is -2.36. The van der Waals surface area contributed by atoms with Gasteiger partial charge in [-0.3, -0.25) is 9.69 Å². The molecule has 7 heteroatoms. The van der Waals surface area contributed by atoms with Crippen molar-refractivity contribution in [3.63, 3.8) is 0 Å². The minimum atomic E-state index is 0.0422. The Morgan fingerprint density at radius 2 is 2.16 bits per heavy atom. The van der Waals surface area contributed by atoms with Crippen molar-refractivity contribution in [3.05, 3.63) is 44.9 Å². The predicted octanol–water partition coefficient (Wildman–Crippen LogP) is 3.09. The second kappa shape index (κ2) is 8.17. The number of hydrogen-bond donors (Lipinski definition) is 1. The number of nitrogens with zero attached hydrogens (tertiary/aromatic N) is 3. The van der Waals surface area contributed by atoms with Gasteiger partial charge in [0.05, 0.1) is 22.1 Å². The molecule has 0 radical (unpaired) electrons. The molecule has 134 valence electrons. The number of aromatic nitrogens is 1. The number of phenols is 1. The number of halogens is 1. The van der Waals surface area contributed by atoms with Crippen molar-refractivity contribution < 1.29 is 9.90 Å². The first kappa shape index (κ1) is 18.2. The lowest BCUT2D eigenvalue weighted by atomic mass is 10.1. The standard InChI is InChI=1S/C18H22ClN3O2S/c1-13-20-15(12-25-13)11-21-5-2-6-22(8-7-21)18(24)10-14-3-4-17(23)16(19)9-14/h3-4,9,12,23H,2,5-8,10-11H2,1H3. The van der Waals surface area contributed by atoms with Crippen LogP contribution in [-0.4, -0.2) is 52.0 Å². The molecule has 5 nitrogen and oxygen atoms in total. The molecule has 1 aliphatic heterocycles. The maximum absolute atomic E-state index is 12.6. The Bertz CT molecular complexity index is 750. The number of thiazole rings is 1. The Morgan fingerprint density at radius 3 is 2.88 bits per heavy atom. The quantitative estimate of drug-likeness (QED) is 0.886. The van der Waals surface area contributed by atoms with Crippen LogP contribution in [0, 0.1) is 6.92 Å². The van der Waals surface area contributed by atoms with Gasteiger partial charge in [0.1, 0.15) is 5.75 Å². The van der Waals surface area contributed by atoms with Gasteiger partial charge in [0.2, 0.25) is 5.91 Å². The van der Waals surface area contributed by atoms with Crippen LogP contribution in [0.25, 0.3) is 0 Å². The normalized spacial score (nSPS) is 16.0. The number of carbonyl (C=O) groups excluding carboxylic acids is 1. The summed E-state index contributed by atoms with van der Waals surface area (Å²) in [6.45, 7) is 6.21. The van der Waals surface area contributed by atoms with Crippen LogP contribution in [-0.2, 0) is 17.8 Å². The van der Waals surface area contributed by atoms with Crippen molar-refractivity contribution in [1.82, 2.24) is 14.8 Å². The Morgan fingerprint density at radius 1 is 1.32 bits per heavy atom. The monoisotopic (exact) mass is 379 g/mol. The van der Waals surface area contributed by atoms with Gasteiger partial charge in [-0.15, -0.1) is 11.3 Å². The molecule has 0 bridgehead atoms. The molecule has 3 rings (SSSR count). The summed E-state index contributed by atoms with van der Waals surface area (Å²) in [5.74, 6) is 0.147. The van der Waals surface area contributed by atoms with E-state index >= 15 is 0 Å². The average Bonchev–Trinajstić information content (AvgIpc) is 2.84. The highest BCUT2D eigenvalue weighted by Gasteiger charge is 2.20. The minimum Gasteiger partial charge on any atom is -0.506 e. The molecule has 1 fully saturated rings. The molecule has 1 aromatic carbocycles. The number of phenolic OH excluding ortho intramolecular Hbond substituents is 1. The van der Waals surface area contributed by atoms with Crippen LogP contribution in [0.1, 0.15) is 22.7 Å². The van der Waals surface area contributed by atoms with Gasteiger partial charge < -0.3 is 10.0 Å². The van der Waals surface area contributed by atoms with Crippen LogP contribution in [0.4, 0.5) is 0 Å². The molecule has 1 N–H and O–H groups in total. The van der Waals surface area contributed by atoms with E-state index in [1.54, 1.807) is 23.5 Å². The highest BCUT2D eigenvalue weighted by Crippen LogP contribution is 2.24. The molecule has 1 amide bonds. The number of carbonyl (C=O) groups is 1. The smallest absolute Gasteiger partial charge is 0.227 e. The summed E-state index contributed by atoms with van der Waals surface area (Å²) in [4.78, 5) is 21.4. The van der Waals surface area contributed by atoms with E-state index in [4.69, 9.17) is 11.6 Å². The van der Waals surface area contributed by atoms with E-state index in [0.717, 1.165) is 55.4 Å². The third-order valence-electron chi connectivity index (χ3n) is 4.36. The van der Waals surface area contributed by atoms with Crippen LogP contribution in [0.2, 0.25) is 5.02 Å². The van der Waals surface area contributed by atoms with Gasteiger partial charge in [-0.1, -0.05) is 17.7 Å². The van der Waals surface area contributed by atoms with Crippen LogP contribution >= 0.6 is 22.9 Å². The maximum atomic E-state index is 12.6. The van der Waals surface area contributed by atoms with Crippen LogP contribution in [0.15, 0.2) is 23.6 Å². The molecule has 1 aliphatic rings. The number of aryl methyl sites for hydroxylation is 1. The molecule has 1 aromatic heterocycles. The summed E-state index contributed by atoms with van der Waals surface area (Å²) < 4.78 is 0. The highest BCUT2D eigenvalue weighted by molar-refractivity contribution is 7.09. The number of benzene rings is 1. The van der Waals surface area contributed by atoms with Gasteiger partial charge in [0.25, 0.3) is 0 Å². The summed E-state index contributed by atoms with van der Waals surface area (Å²) in [6, 6.07) is 4.93. The van der Waals surface area contributed by atoms with Gasteiger partial charge in [-0.25, -0.2) is 4.98 Å². The van der Waals surface area contributed by atoms with E-state index in [9.17, 15) is 9.90 Å². The fraction of sp³-hybridized carbons (Fsp3) is 0.444. The molecular formula is C18H22ClN3O2S. The Kier molecular flexibility index (Phi) is 5.93. The van der Waals surface area contributed by atoms with Crippen molar-refractivity contribution in [1.29, 1.82) is 0 Å². The van der Waals surface area contributed by atoms with E-state index < -0.39 is 0 Å². The van der Waals surface area contributed by atoms with Gasteiger partial charge in [-0.2, -0.15) is 0 Å². The lowest BCUT2D eigenvalue weighted by Gasteiger charge is -2.21. The minimum absolute atomic E-state index is 0.0422. The fourth-order valence-electron chi connectivity index (χ4n) is 3.04. The topological polar surface area (TPSA) is 56.7 Å². The van der Waals surface area contributed by atoms with Crippen molar-refractivity contribution >= 4 is 28.8 Å². The van der Waals surface area contributed by atoms with Gasteiger partial charge in [0.15, 0.2) is 0 Å². The zero-order chi connectivity index (χ0) is 17.8. The number of hydrogen-bond acceptors (Lipinski definition) is 5. The zero-order valence-corrected chi connectivity index (χ0v) is 15.8. The molecule has 2 aromatic rings. The number of amides is 1. The summed E-state index contributed by atoms with van der Waals surface area (Å²) >= 11 is 7.60. The molecule has 0 saturated carbocycles. The summed E-state index contributed by atoms with van der Waals surface area (Å²) in [5, 5.41) is 13.0. The maximum Gasteiger partial charge on any atom is 0.227 e. The molecule has 1 saturated heterocycles. The third-order valence-corrected chi connectivity index (χ3v) is 5.49. The summed E-state index contributed by atoms with van der Waals surface area (Å²) in [6.07, 6.45) is 1.27. The van der Waals surface area contributed by atoms with Crippen molar-refractivity contribution in [2.24, 2.45) is 0 Å². The van der Waals surface area contributed by atoms with E-state index in [1.807, 2.05) is 11.8 Å². The summed E-state index contributed by atoms with van der Waals surface area (Å²) in [5.41, 5.74) is 1.94. The van der Waals surface area contributed by atoms with E-state index in [0.29, 0.717) is 6.42 Å². The van der Waals surface area contributed by atoms with Crippen molar-refractivity contribution in [2.75, 3.05) is 26.2 Å². The van der Waals surface area contributed by atoms with E-state index in [2.05, 4.69) is 15.3 Å². The first-order valence-electron chi connectivity index (χ1n) is 8.40. The third kappa shape index (κ3) is 4.93. The van der Waals surface area contributed by atoms with E-state index in [-0.39, 0.29) is 16.7 Å². The Labute approximate surface area is 156 Å². The SMILES string of the molecule is Cc1nc(CN2CCCN(C(=O)Cc3ccc(O)c(Cl)c3)CC2)cs1. The van der Waals surface area contributed by atoms with Crippen LogP contribution in [0.3, 0.4) is 0 Å². The zero-order valence-electron chi connectivity index (χ0n) is 14.2. The second-order valence-electron chi connectivity index (χ2n) is 6.33. The van der Waals surface area contributed by atoms with Crippen LogP contribution in [0.5, 0.6) is 5.75 Å². The van der Waals surface area contributed by atoms with Gasteiger partial charge >= 0.3 is 0 Å². The molecular weight excluding hydrogens is 358 g/mol. The van der Waals surface area contributed by atoms with Gasteiger partial charge in [-0.05, 0) is 31.0 Å². The van der Waals surface area contributed by atoms with E-state index in [1.165, 1.54) is 6.07 Å². The largest absolute Gasteiger partial charge is 0.506 e.